The second-order valence-corrected chi connectivity index (χ2v) is 6.71. The highest BCUT2D eigenvalue weighted by molar-refractivity contribution is 7.80. The molecule has 0 radical (unpaired) electrons. The molecule has 0 saturated carbocycles. The van der Waals surface area contributed by atoms with Crippen molar-refractivity contribution in [3.05, 3.63) is 46.5 Å². The number of carbonyl (C=O) groups is 1. The molecule has 1 atom stereocenters. The summed E-state index contributed by atoms with van der Waals surface area (Å²) in [7, 11) is 0. The summed E-state index contributed by atoms with van der Waals surface area (Å²) in [6, 6.07) is 7.63. The lowest BCUT2D eigenvalue weighted by Gasteiger charge is -2.34. The molecule has 1 aliphatic heterocycles. The van der Waals surface area contributed by atoms with Gasteiger partial charge < -0.3 is 14.5 Å². The monoisotopic (exact) mass is 365 g/mol. The third kappa shape index (κ3) is 4.41. The van der Waals surface area contributed by atoms with Crippen LogP contribution in [0.15, 0.2) is 40.3 Å². The van der Waals surface area contributed by atoms with Crippen LogP contribution in [-0.2, 0) is 4.74 Å². The van der Waals surface area contributed by atoms with E-state index in [1.54, 1.807) is 23.5 Å². The van der Waals surface area contributed by atoms with Gasteiger partial charge in [-0.25, -0.2) is 0 Å². The molecule has 6 nitrogen and oxygen atoms in total. The van der Waals surface area contributed by atoms with Crippen LogP contribution in [0.5, 0.6) is 0 Å². The number of thiophene rings is 1. The predicted molar refractivity (Wildman–Crippen MR) is 96.2 cm³/mol. The van der Waals surface area contributed by atoms with Gasteiger partial charge in [-0.1, -0.05) is 6.07 Å². The summed E-state index contributed by atoms with van der Waals surface area (Å²) >= 11 is 6.95. The van der Waals surface area contributed by atoms with Crippen LogP contribution in [-0.4, -0.2) is 48.8 Å². The molecule has 1 fully saturated rings. The Kier molecular flexibility index (Phi) is 5.97. The topological polar surface area (TPSA) is 66.7 Å². The summed E-state index contributed by atoms with van der Waals surface area (Å²) in [5, 5.41) is 8.14. The summed E-state index contributed by atoms with van der Waals surface area (Å²) in [5.41, 5.74) is 0. The van der Waals surface area contributed by atoms with Gasteiger partial charge in [0, 0.05) is 24.5 Å². The van der Waals surface area contributed by atoms with E-state index in [1.165, 1.54) is 11.1 Å². The molecule has 3 rings (SSSR count). The lowest BCUT2D eigenvalue weighted by atomic mass is 10.2. The van der Waals surface area contributed by atoms with Crippen molar-refractivity contribution in [2.45, 2.75) is 6.04 Å². The van der Waals surface area contributed by atoms with Gasteiger partial charge in [0.2, 0.25) is 0 Å². The van der Waals surface area contributed by atoms with E-state index >= 15 is 0 Å². The van der Waals surface area contributed by atoms with Gasteiger partial charge in [0.1, 0.15) is 0 Å². The molecule has 1 unspecified atom stereocenters. The van der Waals surface area contributed by atoms with Gasteiger partial charge in [0.15, 0.2) is 10.9 Å². The van der Waals surface area contributed by atoms with Crippen LogP contribution in [0.2, 0.25) is 0 Å². The van der Waals surface area contributed by atoms with Crippen molar-refractivity contribution < 1.29 is 13.9 Å². The van der Waals surface area contributed by atoms with Gasteiger partial charge in [0.25, 0.3) is 5.91 Å². The Bertz CT molecular complexity index is 652. The fourth-order valence-corrected chi connectivity index (χ4v) is 3.62. The van der Waals surface area contributed by atoms with Crippen LogP contribution in [0.4, 0.5) is 0 Å². The first-order valence-electron chi connectivity index (χ1n) is 7.72. The number of carbonyl (C=O) groups excluding carboxylic acids is 1. The number of amides is 1. The normalized spacial score (nSPS) is 16.5. The van der Waals surface area contributed by atoms with Crippen LogP contribution < -0.4 is 10.6 Å². The number of ether oxygens (including phenoxy) is 1. The molecule has 0 aromatic carbocycles. The quantitative estimate of drug-likeness (QED) is 0.791. The molecule has 0 aliphatic carbocycles. The Morgan fingerprint density at radius 2 is 2.17 bits per heavy atom. The van der Waals surface area contributed by atoms with Crippen molar-refractivity contribution in [1.29, 1.82) is 0 Å². The Hall–Kier alpha value is -1.74. The first kappa shape index (κ1) is 17.1. The Balaban J connectivity index is 1.56. The predicted octanol–water partition coefficient (Wildman–Crippen LogP) is 2.02. The highest BCUT2D eigenvalue weighted by atomic mass is 32.1. The third-order valence-electron chi connectivity index (χ3n) is 3.79. The largest absolute Gasteiger partial charge is 0.459 e. The van der Waals surface area contributed by atoms with E-state index < -0.39 is 0 Å². The maximum atomic E-state index is 11.9. The number of nitrogens with one attached hydrogen (secondary N) is 2. The molecule has 0 spiro atoms. The number of thiocarbonyl (C=S) groups is 1. The van der Waals surface area contributed by atoms with Crippen LogP contribution in [0, 0.1) is 0 Å². The first-order chi connectivity index (χ1) is 11.7. The molecule has 2 aromatic rings. The van der Waals surface area contributed by atoms with Crippen LogP contribution >= 0.6 is 23.6 Å². The van der Waals surface area contributed by atoms with Crippen molar-refractivity contribution in [2.24, 2.45) is 0 Å². The summed E-state index contributed by atoms with van der Waals surface area (Å²) < 4.78 is 10.5. The smallest absolute Gasteiger partial charge is 0.293 e. The van der Waals surface area contributed by atoms with Crippen molar-refractivity contribution in [3.8, 4) is 0 Å². The Morgan fingerprint density at radius 3 is 2.83 bits per heavy atom. The second-order valence-electron chi connectivity index (χ2n) is 5.32. The summed E-state index contributed by atoms with van der Waals surface area (Å²) in [6.07, 6.45) is 1.45. The fourth-order valence-electron chi connectivity index (χ4n) is 2.59. The van der Waals surface area contributed by atoms with Crippen molar-refractivity contribution in [2.75, 3.05) is 32.8 Å². The maximum Gasteiger partial charge on any atom is 0.293 e. The third-order valence-corrected chi connectivity index (χ3v) is 5.01. The summed E-state index contributed by atoms with van der Waals surface area (Å²) in [6.45, 7) is 3.87. The van der Waals surface area contributed by atoms with Crippen LogP contribution in [0.25, 0.3) is 0 Å². The molecule has 1 aliphatic rings. The molecule has 3 heterocycles. The van der Waals surface area contributed by atoms with Crippen molar-refractivity contribution >= 4 is 34.6 Å². The van der Waals surface area contributed by atoms with Crippen molar-refractivity contribution in [1.82, 2.24) is 15.5 Å². The number of furan rings is 1. The van der Waals surface area contributed by atoms with E-state index in [-0.39, 0.29) is 17.7 Å². The van der Waals surface area contributed by atoms with Gasteiger partial charge in [-0.2, -0.15) is 0 Å². The minimum Gasteiger partial charge on any atom is -0.459 e. The second kappa shape index (κ2) is 8.39. The Morgan fingerprint density at radius 1 is 1.33 bits per heavy atom. The highest BCUT2D eigenvalue weighted by Gasteiger charge is 2.23. The molecule has 2 N–H and O–H groups in total. The lowest BCUT2D eigenvalue weighted by molar-refractivity contribution is 0.0177. The number of hydrogen-bond acceptors (Lipinski definition) is 6. The van der Waals surface area contributed by atoms with Gasteiger partial charge in [-0.15, -0.1) is 11.3 Å². The van der Waals surface area contributed by atoms with Gasteiger partial charge >= 0.3 is 0 Å². The zero-order valence-electron chi connectivity index (χ0n) is 13.1. The first-order valence-corrected chi connectivity index (χ1v) is 9.00. The average molecular weight is 365 g/mol. The van der Waals surface area contributed by atoms with Crippen LogP contribution in [0.3, 0.4) is 0 Å². The van der Waals surface area contributed by atoms with E-state index in [0.717, 1.165) is 26.3 Å². The lowest BCUT2D eigenvalue weighted by Crippen LogP contribution is -2.46. The molecular weight excluding hydrogens is 346 g/mol. The van der Waals surface area contributed by atoms with Gasteiger partial charge in [0.05, 0.1) is 25.5 Å². The van der Waals surface area contributed by atoms with Crippen molar-refractivity contribution in [3.63, 3.8) is 0 Å². The molecule has 128 valence electrons. The molecular formula is C16H19N3O3S2. The highest BCUT2D eigenvalue weighted by Crippen LogP contribution is 2.25. The fraction of sp³-hybridized carbons (Fsp3) is 0.375. The SMILES string of the molecule is O=C(NC(=S)NCC(c1cccs1)N1CCOCC1)c1ccco1. The molecule has 2 aromatic heterocycles. The average Bonchev–Trinajstić information content (AvgIpc) is 3.30. The number of morpholine rings is 1. The zero-order chi connectivity index (χ0) is 16.8. The minimum absolute atomic E-state index is 0.201. The molecule has 8 heteroatoms. The molecule has 24 heavy (non-hydrogen) atoms. The van der Waals surface area contributed by atoms with E-state index in [2.05, 4.69) is 27.0 Å². The molecule has 1 saturated heterocycles. The molecule has 1 amide bonds. The number of nitrogens with zero attached hydrogens (tertiary/aromatic N) is 1. The Labute approximate surface area is 149 Å². The summed E-state index contributed by atoms with van der Waals surface area (Å²) in [5.74, 6) is -0.112. The van der Waals surface area contributed by atoms with Crippen LogP contribution in [0.1, 0.15) is 21.5 Å². The number of hydrogen-bond donors (Lipinski definition) is 2. The minimum atomic E-state index is -0.350. The van der Waals surface area contributed by atoms with E-state index in [0.29, 0.717) is 11.7 Å². The van der Waals surface area contributed by atoms with E-state index in [9.17, 15) is 4.79 Å². The van der Waals surface area contributed by atoms with Gasteiger partial charge in [-0.05, 0) is 35.8 Å². The van der Waals surface area contributed by atoms with Gasteiger partial charge in [-0.3, -0.25) is 15.0 Å². The molecule has 0 bridgehead atoms. The van der Waals surface area contributed by atoms with E-state index in [1.807, 2.05) is 6.07 Å². The number of rotatable bonds is 5. The standard InChI is InChI=1S/C16H19N3O3S2/c20-15(13-3-1-7-22-13)18-16(23)17-11-12(14-4-2-10-24-14)19-5-8-21-9-6-19/h1-4,7,10,12H,5-6,8-9,11H2,(H2,17,18,20,23). The summed E-state index contributed by atoms with van der Waals surface area (Å²) in [4.78, 5) is 15.6. The van der Waals surface area contributed by atoms with E-state index in [4.69, 9.17) is 21.4 Å². The zero-order valence-corrected chi connectivity index (χ0v) is 14.7. The maximum absolute atomic E-state index is 11.9.